The molecule has 2 atom stereocenters. The molecule has 0 aliphatic carbocycles. The average molecular weight is 304 g/mol. The summed E-state index contributed by atoms with van der Waals surface area (Å²) in [7, 11) is 0. The monoisotopic (exact) mass is 304 g/mol. The number of hydrogen-bond acceptors (Lipinski definition) is 4. The van der Waals surface area contributed by atoms with Crippen LogP contribution < -0.4 is 16.2 Å². The first kappa shape index (κ1) is 14.6. The van der Waals surface area contributed by atoms with Crippen LogP contribution >= 0.6 is 0 Å². The van der Waals surface area contributed by atoms with E-state index < -0.39 is 17.6 Å². The third kappa shape index (κ3) is 2.85. The van der Waals surface area contributed by atoms with Crippen molar-refractivity contribution in [1.29, 1.82) is 0 Å². The van der Waals surface area contributed by atoms with Gasteiger partial charge in [0.25, 0.3) is 11.5 Å². The van der Waals surface area contributed by atoms with Crippen LogP contribution in [0.15, 0.2) is 29.3 Å². The fraction of sp³-hybridized carbons (Fsp3) is 0.400. The zero-order valence-electron chi connectivity index (χ0n) is 12.2. The molecule has 116 valence electrons. The Morgan fingerprint density at radius 2 is 2.36 bits per heavy atom. The largest absolute Gasteiger partial charge is 0.350 e. The Kier molecular flexibility index (Phi) is 3.89. The van der Waals surface area contributed by atoms with E-state index in [2.05, 4.69) is 15.6 Å². The van der Waals surface area contributed by atoms with Gasteiger partial charge in [-0.25, -0.2) is 9.37 Å². The molecule has 3 heterocycles. The summed E-state index contributed by atoms with van der Waals surface area (Å²) >= 11 is 0. The summed E-state index contributed by atoms with van der Waals surface area (Å²) in [6.45, 7) is 2.45. The summed E-state index contributed by atoms with van der Waals surface area (Å²) in [5.41, 5.74) is 0.967. The highest BCUT2D eigenvalue weighted by Crippen LogP contribution is 2.09. The first-order valence-electron chi connectivity index (χ1n) is 7.18. The molecule has 3 rings (SSSR count). The molecule has 1 saturated heterocycles. The lowest BCUT2D eigenvalue weighted by Gasteiger charge is -2.11. The van der Waals surface area contributed by atoms with Crippen LogP contribution in [0.25, 0.3) is 5.65 Å². The van der Waals surface area contributed by atoms with Gasteiger partial charge in [0, 0.05) is 31.5 Å². The summed E-state index contributed by atoms with van der Waals surface area (Å²) in [5, 5.41) is 5.64. The minimum Gasteiger partial charge on any atom is -0.350 e. The topological polar surface area (TPSA) is 75.5 Å². The standard InChI is InChI=1S/C15H17FN4O2/c1-9-2-3-13-18-7-12(15(22)20(13)8-9)14(21)19-6-11-4-10(16)5-17-11/h2-3,7-8,10-11,17H,4-6H2,1H3,(H,19,21)/t10-,11-/m0/s1. The lowest BCUT2D eigenvalue weighted by atomic mass is 10.2. The van der Waals surface area contributed by atoms with E-state index in [9.17, 15) is 14.0 Å². The molecule has 1 aliphatic rings. The highest BCUT2D eigenvalue weighted by molar-refractivity contribution is 5.93. The van der Waals surface area contributed by atoms with Crippen molar-refractivity contribution in [2.75, 3.05) is 13.1 Å². The molecule has 1 aliphatic heterocycles. The molecule has 0 aromatic carbocycles. The van der Waals surface area contributed by atoms with Gasteiger partial charge in [-0.2, -0.15) is 0 Å². The molecule has 2 aromatic heterocycles. The Morgan fingerprint density at radius 3 is 3.09 bits per heavy atom. The molecule has 6 nitrogen and oxygen atoms in total. The fourth-order valence-electron chi connectivity index (χ4n) is 2.57. The van der Waals surface area contributed by atoms with E-state index >= 15 is 0 Å². The zero-order valence-corrected chi connectivity index (χ0v) is 12.2. The third-order valence-electron chi connectivity index (χ3n) is 3.77. The Labute approximate surface area is 126 Å². The van der Waals surface area contributed by atoms with Crippen LogP contribution in [0.5, 0.6) is 0 Å². The SMILES string of the molecule is Cc1ccc2ncc(C(=O)NC[C@@H]3C[C@H](F)CN3)c(=O)n2c1. The number of halogens is 1. The van der Waals surface area contributed by atoms with Crippen molar-refractivity contribution < 1.29 is 9.18 Å². The summed E-state index contributed by atoms with van der Waals surface area (Å²) in [4.78, 5) is 28.6. The molecule has 2 N–H and O–H groups in total. The molecule has 0 bridgehead atoms. The van der Waals surface area contributed by atoms with Gasteiger partial charge in [0.1, 0.15) is 17.4 Å². The van der Waals surface area contributed by atoms with E-state index in [1.807, 2.05) is 13.0 Å². The number of alkyl halides is 1. The molecular weight excluding hydrogens is 287 g/mol. The van der Waals surface area contributed by atoms with Crippen molar-refractivity contribution >= 4 is 11.6 Å². The van der Waals surface area contributed by atoms with Crippen molar-refractivity contribution in [2.24, 2.45) is 0 Å². The predicted octanol–water partition coefficient (Wildman–Crippen LogP) is 0.433. The van der Waals surface area contributed by atoms with Crippen LogP contribution in [0.4, 0.5) is 4.39 Å². The van der Waals surface area contributed by atoms with Crippen LogP contribution in [-0.4, -0.2) is 40.6 Å². The minimum atomic E-state index is -0.877. The molecule has 1 amide bonds. The number of carbonyl (C=O) groups excluding carboxylic acids is 1. The second kappa shape index (κ2) is 5.84. The van der Waals surface area contributed by atoms with E-state index in [4.69, 9.17) is 0 Å². The van der Waals surface area contributed by atoms with E-state index in [-0.39, 0.29) is 18.2 Å². The summed E-state index contributed by atoms with van der Waals surface area (Å²) < 4.78 is 14.4. The van der Waals surface area contributed by atoms with Crippen LogP contribution in [0.2, 0.25) is 0 Å². The van der Waals surface area contributed by atoms with Gasteiger partial charge in [0.15, 0.2) is 0 Å². The van der Waals surface area contributed by atoms with Crippen LogP contribution in [0.3, 0.4) is 0 Å². The number of hydrogen-bond donors (Lipinski definition) is 2. The van der Waals surface area contributed by atoms with Crippen LogP contribution in [-0.2, 0) is 0 Å². The Morgan fingerprint density at radius 1 is 1.55 bits per heavy atom. The van der Waals surface area contributed by atoms with Gasteiger partial charge in [-0.05, 0) is 25.0 Å². The summed E-state index contributed by atoms with van der Waals surface area (Å²) in [6.07, 6.45) is 2.42. The van der Waals surface area contributed by atoms with Crippen molar-refractivity contribution in [1.82, 2.24) is 20.0 Å². The molecule has 7 heteroatoms. The average Bonchev–Trinajstić information content (AvgIpc) is 2.91. The van der Waals surface area contributed by atoms with E-state index in [0.29, 0.717) is 18.6 Å². The van der Waals surface area contributed by atoms with E-state index in [0.717, 1.165) is 5.56 Å². The van der Waals surface area contributed by atoms with Crippen molar-refractivity contribution in [3.05, 3.63) is 46.0 Å². The highest BCUT2D eigenvalue weighted by Gasteiger charge is 2.24. The molecule has 0 saturated carbocycles. The normalized spacial score (nSPS) is 21.2. The molecule has 2 aromatic rings. The third-order valence-corrected chi connectivity index (χ3v) is 3.77. The molecule has 0 unspecified atom stereocenters. The number of nitrogens with zero attached hydrogens (tertiary/aromatic N) is 2. The maximum absolute atomic E-state index is 13.1. The first-order valence-corrected chi connectivity index (χ1v) is 7.18. The molecule has 0 spiro atoms. The molecule has 1 fully saturated rings. The van der Waals surface area contributed by atoms with Gasteiger partial charge < -0.3 is 10.6 Å². The van der Waals surface area contributed by atoms with Gasteiger partial charge >= 0.3 is 0 Å². The van der Waals surface area contributed by atoms with Crippen LogP contribution in [0, 0.1) is 6.92 Å². The number of amides is 1. The lowest BCUT2D eigenvalue weighted by Crippen LogP contribution is -2.39. The maximum Gasteiger partial charge on any atom is 0.270 e. The smallest absolute Gasteiger partial charge is 0.270 e. The molecule has 22 heavy (non-hydrogen) atoms. The Balaban J connectivity index is 1.79. The number of carbonyl (C=O) groups is 1. The van der Waals surface area contributed by atoms with Crippen molar-refractivity contribution in [2.45, 2.75) is 25.6 Å². The van der Waals surface area contributed by atoms with Gasteiger partial charge in [0.2, 0.25) is 0 Å². The highest BCUT2D eigenvalue weighted by atomic mass is 19.1. The second-order valence-corrected chi connectivity index (χ2v) is 5.56. The zero-order chi connectivity index (χ0) is 15.7. The Bertz CT molecular complexity index is 774. The van der Waals surface area contributed by atoms with Gasteiger partial charge in [-0.3, -0.25) is 14.0 Å². The van der Waals surface area contributed by atoms with Gasteiger partial charge in [-0.15, -0.1) is 0 Å². The predicted molar refractivity (Wildman–Crippen MR) is 79.8 cm³/mol. The Hall–Kier alpha value is -2.28. The van der Waals surface area contributed by atoms with E-state index in [1.165, 1.54) is 10.6 Å². The van der Waals surface area contributed by atoms with Gasteiger partial charge in [0.05, 0.1) is 0 Å². The molecular formula is C15H17FN4O2. The number of pyridine rings is 1. The lowest BCUT2D eigenvalue weighted by molar-refractivity contribution is 0.0948. The number of rotatable bonds is 3. The first-order chi connectivity index (χ1) is 10.5. The fourth-order valence-corrected chi connectivity index (χ4v) is 2.57. The minimum absolute atomic E-state index is 0.0158. The number of aromatic nitrogens is 2. The molecule has 0 radical (unpaired) electrons. The number of nitrogens with one attached hydrogen (secondary N) is 2. The van der Waals surface area contributed by atoms with Gasteiger partial charge in [-0.1, -0.05) is 6.07 Å². The van der Waals surface area contributed by atoms with Crippen LogP contribution in [0.1, 0.15) is 22.3 Å². The number of aryl methyl sites for hydroxylation is 1. The number of fused-ring (bicyclic) bond motifs is 1. The van der Waals surface area contributed by atoms with Crippen molar-refractivity contribution in [3.8, 4) is 0 Å². The second-order valence-electron chi connectivity index (χ2n) is 5.56. The summed E-state index contributed by atoms with van der Waals surface area (Å²) in [6, 6.07) is 3.47. The summed E-state index contributed by atoms with van der Waals surface area (Å²) in [5.74, 6) is -0.488. The van der Waals surface area contributed by atoms with E-state index in [1.54, 1.807) is 12.3 Å². The van der Waals surface area contributed by atoms with Crippen molar-refractivity contribution in [3.63, 3.8) is 0 Å². The quantitative estimate of drug-likeness (QED) is 0.862. The maximum atomic E-state index is 13.1.